The van der Waals surface area contributed by atoms with Gasteiger partial charge < -0.3 is 10.2 Å². The minimum Gasteiger partial charge on any atom is -0.352 e. The number of carbonyl (C=O) groups is 2. The second-order valence-electron chi connectivity index (χ2n) is 9.20. The molecule has 0 radical (unpaired) electrons. The summed E-state index contributed by atoms with van der Waals surface area (Å²) in [5, 5.41) is 4.84. The van der Waals surface area contributed by atoms with Crippen LogP contribution in [0.1, 0.15) is 36.8 Å². The summed E-state index contributed by atoms with van der Waals surface area (Å²) >= 11 is 20.1. The number of amides is 2. The van der Waals surface area contributed by atoms with Crippen LogP contribution in [-0.2, 0) is 22.6 Å². The number of halogens is 3. The summed E-state index contributed by atoms with van der Waals surface area (Å²) in [5.41, 5.74) is 1.72. The van der Waals surface area contributed by atoms with Gasteiger partial charge in [-0.15, -0.1) is 11.8 Å². The van der Waals surface area contributed by atoms with E-state index in [1.807, 2.05) is 48.5 Å². The van der Waals surface area contributed by atoms with E-state index >= 15 is 0 Å². The Balaban J connectivity index is 1.63. The molecular formula is C29H29Cl3N2O2S. The molecular weight excluding hydrogens is 547 g/mol. The number of benzene rings is 3. The lowest BCUT2D eigenvalue weighted by atomic mass is 10.0. The predicted molar refractivity (Wildman–Crippen MR) is 154 cm³/mol. The molecule has 1 aliphatic carbocycles. The van der Waals surface area contributed by atoms with Crippen LogP contribution in [0.5, 0.6) is 0 Å². The predicted octanol–water partition coefficient (Wildman–Crippen LogP) is 7.44. The van der Waals surface area contributed by atoms with Crippen molar-refractivity contribution in [3.63, 3.8) is 0 Å². The SMILES string of the molecule is O=C(NC1CCCC1)[C@@H](Cc1ccccc1)N(Cc1ccc(Cl)cc1Cl)C(=O)CSc1ccc(Cl)cc1. The van der Waals surface area contributed by atoms with Crippen LogP contribution in [0.4, 0.5) is 0 Å². The number of hydrogen-bond acceptors (Lipinski definition) is 3. The largest absolute Gasteiger partial charge is 0.352 e. The van der Waals surface area contributed by atoms with Crippen molar-refractivity contribution in [2.24, 2.45) is 0 Å². The summed E-state index contributed by atoms with van der Waals surface area (Å²) in [6.07, 6.45) is 4.55. The molecule has 0 unspecified atom stereocenters. The Hall–Kier alpha value is -2.18. The van der Waals surface area contributed by atoms with Gasteiger partial charge in [0.1, 0.15) is 6.04 Å². The zero-order valence-electron chi connectivity index (χ0n) is 20.3. The minimum absolute atomic E-state index is 0.134. The lowest BCUT2D eigenvalue weighted by Gasteiger charge is -2.32. The summed E-state index contributed by atoms with van der Waals surface area (Å²) in [4.78, 5) is 30.1. The molecule has 3 aromatic carbocycles. The van der Waals surface area contributed by atoms with Gasteiger partial charge in [-0.2, -0.15) is 0 Å². The molecule has 37 heavy (non-hydrogen) atoms. The molecule has 0 spiro atoms. The van der Waals surface area contributed by atoms with Crippen LogP contribution in [0.15, 0.2) is 77.7 Å². The number of rotatable bonds is 10. The van der Waals surface area contributed by atoms with Gasteiger partial charge >= 0.3 is 0 Å². The van der Waals surface area contributed by atoms with Crippen LogP contribution in [-0.4, -0.2) is 34.6 Å². The van der Waals surface area contributed by atoms with E-state index < -0.39 is 6.04 Å². The van der Waals surface area contributed by atoms with E-state index in [4.69, 9.17) is 34.8 Å². The van der Waals surface area contributed by atoms with Gasteiger partial charge in [-0.25, -0.2) is 0 Å². The van der Waals surface area contributed by atoms with E-state index in [-0.39, 0.29) is 30.2 Å². The van der Waals surface area contributed by atoms with E-state index in [0.29, 0.717) is 21.5 Å². The molecule has 8 heteroatoms. The number of nitrogens with one attached hydrogen (secondary N) is 1. The number of nitrogens with zero attached hydrogens (tertiary/aromatic N) is 1. The maximum absolute atomic E-state index is 13.8. The highest BCUT2D eigenvalue weighted by molar-refractivity contribution is 8.00. The average Bonchev–Trinajstić information content (AvgIpc) is 3.40. The molecule has 2 amide bonds. The Bertz CT molecular complexity index is 1200. The van der Waals surface area contributed by atoms with Crippen molar-refractivity contribution >= 4 is 58.4 Å². The zero-order chi connectivity index (χ0) is 26.2. The first kappa shape index (κ1) is 27.8. The molecule has 3 aromatic rings. The van der Waals surface area contributed by atoms with E-state index in [0.717, 1.165) is 41.7 Å². The first-order chi connectivity index (χ1) is 17.9. The lowest BCUT2D eigenvalue weighted by Crippen LogP contribution is -2.52. The maximum atomic E-state index is 13.8. The van der Waals surface area contributed by atoms with Crippen LogP contribution in [0.25, 0.3) is 0 Å². The van der Waals surface area contributed by atoms with E-state index in [9.17, 15) is 9.59 Å². The van der Waals surface area contributed by atoms with Crippen molar-refractivity contribution in [2.75, 3.05) is 5.75 Å². The molecule has 1 fully saturated rings. The second kappa shape index (κ2) is 13.6. The van der Waals surface area contributed by atoms with Gasteiger partial charge in [-0.1, -0.05) is 84.0 Å². The fourth-order valence-corrected chi connectivity index (χ4v) is 5.89. The lowest BCUT2D eigenvalue weighted by molar-refractivity contribution is -0.139. The van der Waals surface area contributed by atoms with Crippen LogP contribution < -0.4 is 5.32 Å². The standard InChI is InChI=1S/C29H29Cl3N2O2S/c30-22-12-14-25(15-13-22)37-19-28(35)34(18-21-10-11-23(31)17-26(21)32)27(16-20-6-2-1-3-7-20)29(36)33-24-8-4-5-9-24/h1-3,6-7,10-15,17,24,27H,4-5,8-9,16,18-19H2,(H,33,36)/t27-/m1/s1. The normalized spacial score (nSPS) is 14.4. The third kappa shape index (κ3) is 8.15. The first-order valence-corrected chi connectivity index (χ1v) is 14.5. The van der Waals surface area contributed by atoms with Gasteiger partial charge in [0.25, 0.3) is 0 Å². The van der Waals surface area contributed by atoms with Gasteiger partial charge in [0, 0.05) is 39.0 Å². The van der Waals surface area contributed by atoms with Crippen molar-refractivity contribution in [3.05, 3.63) is 99.0 Å². The summed E-state index contributed by atoms with van der Waals surface area (Å²) < 4.78 is 0. The van der Waals surface area contributed by atoms with Gasteiger partial charge in [0.2, 0.25) is 11.8 Å². The molecule has 4 rings (SSSR count). The van der Waals surface area contributed by atoms with Crippen molar-refractivity contribution < 1.29 is 9.59 Å². The molecule has 0 aliphatic heterocycles. The Morgan fingerprint density at radius 3 is 2.27 bits per heavy atom. The van der Waals surface area contributed by atoms with Gasteiger partial charge in [0.05, 0.1) is 5.75 Å². The molecule has 0 heterocycles. The van der Waals surface area contributed by atoms with E-state index in [2.05, 4.69) is 5.32 Å². The van der Waals surface area contributed by atoms with E-state index in [1.165, 1.54) is 11.8 Å². The highest BCUT2D eigenvalue weighted by Crippen LogP contribution is 2.27. The van der Waals surface area contributed by atoms with Crippen molar-refractivity contribution in [3.8, 4) is 0 Å². The number of hydrogen-bond donors (Lipinski definition) is 1. The molecule has 0 saturated heterocycles. The summed E-state index contributed by atoms with van der Waals surface area (Å²) in [7, 11) is 0. The van der Waals surface area contributed by atoms with Crippen LogP contribution in [0.2, 0.25) is 15.1 Å². The molecule has 1 saturated carbocycles. The molecule has 194 valence electrons. The van der Waals surface area contributed by atoms with Gasteiger partial charge in [-0.05, 0) is 60.4 Å². The van der Waals surface area contributed by atoms with Crippen LogP contribution in [0.3, 0.4) is 0 Å². The molecule has 1 aliphatic rings. The number of thioether (sulfide) groups is 1. The monoisotopic (exact) mass is 574 g/mol. The highest BCUT2D eigenvalue weighted by atomic mass is 35.5. The Kier molecular flexibility index (Phi) is 10.2. The maximum Gasteiger partial charge on any atom is 0.243 e. The Morgan fingerprint density at radius 2 is 1.59 bits per heavy atom. The van der Waals surface area contributed by atoms with Crippen LogP contribution >= 0.6 is 46.6 Å². The molecule has 0 bridgehead atoms. The highest BCUT2D eigenvalue weighted by Gasteiger charge is 2.32. The third-order valence-electron chi connectivity index (χ3n) is 6.50. The van der Waals surface area contributed by atoms with Gasteiger partial charge in [0.15, 0.2) is 0 Å². The Labute approximate surface area is 237 Å². The third-order valence-corrected chi connectivity index (χ3v) is 8.34. The summed E-state index contributed by atoms with van der Waals surface area (Å²) in [6.45, 7) is 0.200. The molecule has 1 N–H and O–H groups in total. The van der Waals surface area contributed by atoms with Crippen molar-refractivity contribution in [1.29, 1.82) is 0 Å². The average molecular weight is 576 g/mol. The van der Waals surface area contributed by atoms with Crippen molar-refractivity contribution in [1.82, 2.24) is 10.2 Å². The fourth-order valence-electron chi connectivity index (χ4n) is 4.51. The van der Waals surface area contributed by atoms with Gasteiger partial charge in [-0.3, -0.25) is 9.59 Å². The summed E-state index contributed by atoms with van der Waals surface area (Å²) in [6, 6.07) is 21.8. The second-order valence-corrected chi connectivity index (χ2v) is 11.5. The summed E-state index contributed by atoms with van der Waals surface area (Å²) in [5.74, 6) is -0.103. The Morgan fingerprint density at radius 1 is 0.919 bits per heavy atom. The number of carbonyl (C=O) groups excluding carboxylic acids is 2. The molecule has 1 atom stereocenters. The van der Waals surface area contributed by atoms with Crippen LogP contribution in [0, 0.1) is 0 Å². The van der Waals surface area contributed by atoms with E-state index in [1.54, 1.807) is 29.2 Å². The topological polar surface area (TPSA) is 49.4 Å². The fraction of sp³-hybridized carbons (Fsp3) is 0.310. The smallest absolute Gasteiger partial charge is 0.243 e. The zero-order valence-corrected chi connectivity index (χ0v) is 23.4. The molecule has 4 nitrogen and oxygen atoms in total. The first-order valence-electron chi connectivity index (χ1n) is 12.3. The van der Waals surface area contributed by atoms with Crippen molar-refractivity contribution in [2.45, 2.75) is 55.6 Å². The quantitative estimate of drug-likeness (QED) is 0.256. The minimum atomic E-state index is -0.687. The molecule has 0 aromatic heterocycles.